The van der Waals surface area contributed by atoms with Crippen molar-refractivity contribution in [1.29, 1.82) is 0 Å². The van der Waals surface area contributed by atoms with E-state index in [-0.39, 0.29) is 18.0 Å². The van der Waals surface area contributed by atoms with Crippen LogP contribution < -0.4 is 11.1 Å². The molecule has 2 atom stereocenters. The molecular formula is C11H25N3O2. The molecule has 0 aromatic heterocycles. The van der Waals surface area contributed by atoms with Crippen molar-refractivity contribution in [2.24, 2.45) is 16.8 Å². The highest BCUT2D eigenvalue weighted by Gasteiger charge is 2.18. The lowest BCUT2D eigenvalue weighted by Gasteiger charge is -2.23. The minimum Gasteiger partial charge on any atom is -0.409 e. The third-order valence-corrected chi connectivity index (χ3v) is 3.05. The van der Waals surface area contributed by atoms with Crippen LogP contribution in [0.5, 0.6) is 0 Å². The summed E-state index contributed by atoms with van der Waals surface area (Å²) in [4.78, 5) is 0. The Morgan fingerprint density at radius 2 is 1.81 bits per heavy atom. The Kier molecular flexibility index (Phi) is 7.93. The molecule has 0 spiro atoms. The van der Waals surface area contributed by atoms with Crippen LogP contribution in [-0.4, -0.2) is 34.8 Å². The Morgan fingerprint density at radius 1 is 1.25 bits per heavy atom. The summed E-state index contributed by atoms with van der Waals surface area (Å²) in [5.74, 6) is 0.469. The highest BCUT2D eigenvalue weighted by atomic mass is 16.4. The van der Waals surface area contributed by atoms with Crippen molar-refractivity contribution in [2.45, 2.75) is 52.2 Å². The lowest BCUT2D eigenvalue weighted by molar-refractivity contribution is 0.100. The van der Waals surface area contributed by atoms with Gasteiger partial charge in [0, 0.05) is 6.54 Å². The average molecular weight is 231 g/mol. The molecule has 0 rings (SSSR count). The van der Waals surface area contributed by atoms with E-state index in [1.807, 2.05) is 6.92 Å². The number of aliphatic hydroxyl groups is 1. The minimum atomic E-state index is -0.379. The largest absolute Gasteiger partial charge is 0.409 e. The van der Waals surface area contributed by atoms with Crippen LogP contribution in [0.3, 0.4) is 0 Å². The molecule has 0 heterocycles. The third kappa shape index (κ3) is 4.81. The van der Waals surface area contributed by atoms with Gasteiger partial charge in [-0.05, 0) is 12.3 Å². The first-order chi connectivity index (χ1) is 7.60. The number of amidine groups is 1. The maximum Gasteiger partial charge on any atom is 0.156 e. The van der Waals surface area contributed by atoms with E-state index in [0.29, 0.717) is 12.5 Å². The monoisotopic (exact) mass is 231 g/mol. The molecule has 0 aliphatic heterocycles. The zero-order chi connectivity index (χ0) is 12.6. The fraction of sp³-hybridized carbons (Fsp3) is 0.909. The molecule has 0 aliphatic carbocycles. The number of hydrogen-bond acceptors (Lipinski definition) is 4. The van der Waals surface area contributed by atoms with Crippen LogP contribution in [0.15, 0.2) is 5.16 Å². The second-order valence-corrected chi connectivity index (χ2v) is 4.04. The van der Waals surface area contributed by atoms with Crippen molar-refractivity contribution in [2.75, 3.05) is 6.54 Å². The maximum absolute atomic E-state index is 9.90. The summed E-state index contributed by atoms with van der Waals surface area (Å²) in [6.07, 6.45) is 2.26. The molecule has 0 saturated carbocycles. The lowest BCUT2D eigenvalue weighted by atomic mass is 9.96. The number of oxime groups is 1. The fourth-order valence-corrected chi connectivity index (χ4v) is 1.79. The molecule has 0 fully saturated rings. The van der Waals surface area contributed by atoms with Gasteiger partial charge in [0.1, 0.15) is 0 Å². The van der Waals surface area contributed by atoms with Gasteiger partial charge in [0.15, 0.2) is 5.84 Å². The Morgan fingerprint density at radius 3 is 2.19 bits per heavy atom. The van der Waals surface area contributed by atoms with Gasteiger partial charge in [0.2, 0.25) is 0 Å². The zero-order valence-electron chi connectivity index (χ0n) is 10.5. The Balaban J connectivity index is 4.10. The second kappa shape index (κ2) is 8.35. The molecule has 5 heteroatoms. The summed E-state index contributed by atoms with van der Waals surface area (Å²) >= 11 is 0. The molecule has 0 saturated heterocycles. The first kappa shape index (κ1) is 15.2. The van der Waals surface area contributed by atoms with E-state index in [9.17, 15) is 5.11 Å². The van der Waals surface area contributed by atoms with Gasteiger partial charge in [-0.3, -0.25) is 0 Å². The summed E-state index contributed by atoms with van der Waals surface area (Å²) in [6, 6.07) is -0.172. The van der Waals surface area contributed by atoms with E-state index in [2.05, 4.69) is 24.3 Å². The van der Waals surface area contributed by atoms with Gasteiger partial charge < -0.3 is 21.4 Å². The van der Waals surface area contributed by atoms with Crippen molar-refractivity contribution < 1.29 is 10.3 Å². The standard InChI is InChI=1S/C11H25N3O2/c1-4-8(5-2)10(15)7-13-9(6-3)11(12)14-16/h8-10,13,15-16H,4-7H2,1-3H3,(H2,12,14). The zero-order valence-corrected chi connectivity index (χ0v) is 10.5. The van der Waals surface area contributed by atoms with Gasteiger partial charge in [0.05, 0.1) is 12.1 Å². The van der Waals surface area contributed by atoms with Crippen LogP contribution in [-0.2, 0) is 0 Å². The van der Waals surface area contributed by atoms with Crippen molar-refractivity contribution in [1.82, 2.24) is 5.32 Å². The first-order valence-electron chi connectivity index (χ1n) is 5.99. The molecular weight excluding hydrogens is 206 g/mol. The quantitative estimate of drug-likeness (QED) is 0.216. The molecule has 0 aromatic rings. The predicted octanol–water partition coefficient (Wildman–Crippen LogP) is 0.898. The summed E-state index contributed by atoms with van der Waals surface area (Å²) in [5, 5.41) is 24.5. The molecule has 16 heavy (non-hydrogen) atoms. The highest BCUT2D eigenvalue weighted by Crippen LogP contribution is 2.12. The summed E-state index contributed by atoms with van der Waals surface area (Å²) < 4.78 is 0. The van der Waals surface area contributed by atoms with Crippen molar-refractivity contribution in [3.05, 3.63) is 0 Å². The van der Waals surface area contributed by atoms with Gasteiger partial charge in [-0.15, -0.1) is 0 Å². The van der Waals surface area contributed by atoms with Crippen LogP contribution in [0.25, 0.3) is 0 Å². The maximum atomic E-state index is 9.90. The molecule has 5 N–H and O–H groups in total. The minimum absolute atomic E-state index is 0.166. The van der Waals surface area contributed by atoms with Crippen LogP contribution in [0.4, 0.5) is 0 Å². The smallest absolute Gasteiger partial charge is 0.156 e. The van der Waals surface area contributed by atoms with E-state index in [1.54, 1.807) is 0 Å². The number of nitrogens with zero attached hydrogens (tertiary/aromatic N) is 1. The highest BCUT2D eigenvalue weighted by molar-refractivity contribution is 5.85. The van der Waals surface area contributed by atoms with Crippen LogP contribution in [0.1, 0.15) is 40.0 Å². The van der Waals surface area contributed by atoms with E-state index < -0.39 is 0 Å². The Hall–Kier alpha value is -0.810. The van der Waals surface area contributed by atoms with Crippen molar-refractivity contribution in [3.63, 3.8) is 0 Å². The van der Waals surface area contributed by atoms with Gasteiger partial charge in [-0.25, -0.2) is 0 Å². The van der Waals surface area contributed by atoms with Gasteiger partial charge in [0.25, 0.3) is 0 Å². The van der Waals surface area contributed by atoms with Gasteiger partial charge >= 0.3 is 0 Å². The number of nitrogens with two attached hydrogens (primary N) is 1. The Labute approximate surface area is 97.7 Å². The van der Waals surface area contributed by atoms with Crippen LogP contribution in [0, 0.1) is 5.92 Å². The van der Waals surface area contributed by atoms with Crippen molar-refractivity contribution in [3.8, 4) is 0 Å². The molecule has 96 valence electrons. The van der Waals surface area contributed by atoms with E-state index >= 15 is 0 Å². The summed E-state index contributed by atoms with van der Waals surface area (Å²) in [7, 11) is 0. The SMILES string of the molecule is CCC(NCC(O)C(CC)CC)C(N)=NO. The molecule has 0 aliphatic rings. The average Bonchev–Trinajstić information content (AvgIpc) is 2.31. The van der Waals surface area contributed by atoms with E-state index in [4.69, 9.17) is 10.9 Å². The molecule has 5 nitrogen and oxygen atoms in total. The molecule has 0 radical (unpaired) electrons. The van der Waals surface area contributed by atoms with Gasteiger partial charge in [-0.2, -0.15) is 0 Å². The number of rotatable bonds is 8. The van der Waals surface area contributed by atoms with Crippen LogP contribution >= 0.6 is 0 Å². The summed E-state index contributed by atoms with van der Waals surface area (Å²) in [5.41, 5.74) is 5.51. The van der Waals surface area contributed by atoms with Gasteiger partial charge in [-0.1, -0.05) is 38.8 Å². The molecule has 0 bridgehead atoms. The lowest BCUT2D eigenvalue weighted by Crippen LogP contribution is -2.45. The molecule has 0 aromatic carbocycles. The predicted molar refractivity (Wildman–Crippen MR) is 65.6 cm³/mol. The van der Waals surface area contributed by atoms with Crippen molar-refractivity contribution >= 4 is 5.84 Å². The van der Waals surface area contributed by atoms with Crippen LogP contribution in [0.2, 0.25) is 0 Å². The normalized spacial score (nSPS) is 16.4. The molecule has 0 amide bonds. The first-order valence-corrected chi connectivity index (χ1v) is 5.99. The second-order valence-electron chi connectivity index (χ2n) is 4.04. The topological polar surface area (TPSA) is 90.9 Å². The third-order valence-electron chi connectivity index (χ3n) is 3.05. The summed E-state index contributed by atoms with van der Waals surface area (Å²) in [6.45, 7) is 6.55. The number of nitrogens with one attached hydrogen (secondary N) is 1. The Bertz CT molecular complexity index is 205. The van der Waals surface area contributed by atoms with E-state index in [0.717, 1.165) is 19.3 Å². The number of hydrogen-bond donors (Lipinski definition) is 4. The van der Waals surface area contributed by atoms with E-state index in [1.165, 1.54) is 0 Å². The molecule has 2 unspecified atom stereocenters. The fourth-order valence-electron chi connectivity index (χ4n) is 1.79. The number of aliphatic hydroxyl groups excluding tert-OH is 1.